The molecule has 5 aromatic rings. The number of aliphatic hydroxyl groups is 1. The number of rotatable bonds is 17. The number of hydrogen-bond acceptors (Lipinski definition) is 8. The molecular weight excluding hydrogens is 695 g/mol. The number of alkyl carbamates (subject to hydrolysis) is 1. The Morgan fingerprint density at radius 3 is 2.15 bits per heavy atom. The molecule has 4 aromatic carbocycles. The molecule has 0 radical (unpaired) electrons. The monoisotopic (exact) mass is 739 g/mol. The molecule has 12 nitrogen and oxygen atoms in total. The molecule has 3 atom stereocenters. The Labute approximate surface area is 309 Å². The molecule has 0 aliphatic carbocycles. The van der Waals surface area contributed by atoms with Gasteiger partial charge >= 0.3 is 6.09 Å². The summed E-state index contributed by atoms with van der Waals surface area (Å²) < 4.78 is 34.6. The summed E-state index contributed by atoms with van der Waals surface area (Å²) in [7, 11) is -4.10. The summed E-state index contributed by atoms with van der Waals surface area (Å²) in [6.07, 6.45) is 1.11. The molecular formula is C40H45N5O7S. The molecule has 13 heteroatoms. The zero-order chi connectivity index (χ0) is 37.8. The lowest BCUT2D eigenvalue weighted by Gasteiger charge is -2.31. The first-order chi connectivity index (χ1) is 25.5. The highest BCUT2D eigenvalue weighted by atomic mass is 32.2. The highest BCUT2D eigenvalue weighted by Gasteiger charge is 2.33. The van der Waals surface area contributed by atoms with E-state index in [-0.39, 0.29) is 43.4 Å². The summed E-state index contributed by atoms with van der Waals surface area (Å²) in [4.78, 5) is 30.5. The fraction of sp³-hybridized carbons (Fsp3) is 0.275. The lowest BCUT2D eigenvalue weighted by molar-refractivity contribution is -0.124. The summed E-state index contributed by atoms with van der Waals surface area (Å²) in [5.41, 5.74) is 3.75. The van der Waals surface area contributed by atoms with E-state index in [1.165, 1.54) is 34.8 Å². The maximum absolute atomic E-state index is 14.2. The first-order valence-electron chi connectivity index (χ1n) is 17.4. The van der Waals surface area contributed by atoms with Crippen molar-refractivity contribution in [3.63, 3.8) is 0 Å². The van der Waals surface area contributed by atoms with Crippen LogP contribution in [0.3, 0.4) is 0 Å². The molecule has 5 rings (SSSR count). The Balaban J connectivity index is 1.41. The van der Waals surface area contributed by atoms with Crippen LogP contribution in [0.25, 0.3) is 10.9 Å². The first kappa shape index (κ1) is 38.7. The maximum atomic E-state index is 14.2. The smallest absolute Gasteiger partial charge is 0.408 e. The number of nitrogens with one attached hydrogen (secondary N) is 3. The maximum Gasteiger partial charge on any atom is 0.408 e. The second-order valence-electron chi connectivity index (χ2n) is 13.2. The van der Waals surface area contributed by atoms with Gasteiger partial charge in [-0.05, 0) is 52.8 Å². The van der Waals surface area contributed by atoms with Gasteiger partial charge in [-0.1, -0.05) is 110 Å². The molecule has 2 amide bonds. The van der Waals surface area contributed by atoms with E-state index in [4.69, 9.17) is 9.94 Å². The van der Waals surface area contributed by atoms with Crippen LogP contribution in [0, 0.1) is 5.92 Å². The van der Waals surface area contributed by atoms with Gasteiger partial charge in [0.15, 0.2) is 0 Å². The predicted octanol–water partition coefficient (Wildman–Crippen LogP) is 5.25. The van der Waals surface area contributed by atoms with E-state index in [2.05, 4.69) is 20.8 Å². The number of amides is 2. The van der Waals surface area contributed by atoms with Crippen molar-refractivity contribution < 1.29 is 33.1 Å². The van der Waals surface area contributed by atoms with Crippen molar-refractivity contribution in [3.05, 3.63) is 138 Å². The number of fused-ring (bicyclic) bond motifs is 1. The van der Waals surface area contributed by atoms with E-state index in [0.29, 0.717) is 5.56 Å². The van der Waals surface area contributed by atoms with E-state index in [0.717, 1.165) is 27.6 Å². The number of carbonyl (C=O) groups excluding carboxylic acids is 2. The van der Waals surface area contributed by atoms with E-state index >= 15 is 0 Å². The number of nitrogens with zero attached hydrogens (tertiary/aromatic N) is 2. The zero-order valence-corrected chi connectivity index (χ0v) is 30.4. The Hall–Kier alpha value is -5.50. The molecule has 0 aliphatic heterocycles. The van der Waals surface area contributed by atoms with Crippen molar-refractivity contribution in [1.82, 2.24) is 19.9 Å². The number of aromatic nitrogens is 1. The largest absolute Gasteiger partial charge is 0.445 e. The number of H-pyrrole nitrogens is 1. The fourth-order valence-corrected chi connectivity index (χ4v) is 7.65. The van der Waals surface area contributed by atoms with Crippen LogP contribution in [0.15, 0.2) is 125 Å². The number of sulfonamides is 1. The number of hydrogen-bond donors (Lipinski definition) is 5. The summed E-state index contributed by atoms with van der Waals surface area (Å²) >= 11 is 0. The van der Waals surface area contributed by atoms with E-state index in [1.54, 1.807) is 6.20 Å². The van der Waals surface area contributed by atoms with Crippen LogP contribution < -0.4 is 10.6 Å². The Morgan fingerprint density at radius 1 is 0.849 bits per heavy atom. The van der Waals surface area contributed by atoms with Crippen LogP contribution >= 0.6 is 0 Å². The van der Waals surface area contributed by atoms with E-state index in [9.17, 15) is 23.1 Å². The number of benzene rings is 4. The Bertz CT molecular complexity index is 2070. The third-order valence-electron chi connectivity index (χ3n) is 8.70. The molecule has 1 aromatic heterocycles. The van der Waals surface area contributed by atoms with Crippen LogP contribution in [-0.2, 0) is 39.0 Å². The second-order valence-corrected chi connectivity index (χ2v) is 15.2. The third kappa shape index (κ3) is 10.8. The van der Waals surface area contributed by atoms with Crippen LogP contribution in [-0.4, -0.2) is 77.5 Å². The minimum atomic E-state index is -4.10. The Morgan fingerprint density at radius 2 is 1.49 bits per heavy atom. The normalized spacial score (nSPS) is 13.6. The van der Waals surface area contributed by atoms with Crippen molar-refractivity contribution in [2.24, 2.45) is 11.1 Å². The molecule has 1 heterocycles. The summed E-state index contributed by atoms with van der Waals surface area (Å²) in [6.45, 7) is 3.52. The van der Waals surface area contributed by atoms with Gasteiger partial charge < -0.3 is 30.7 Å². The average Bonchev–Trinajstić information content (AvgIpc) is 3.56. The van der Waals surface area contributed by atoms with Gasteiger partial charge in [0.05, 0.1) is 23.3 Å². The molecule has 53 heavy (non-hydrogen) atoms. The van der Waals surface area contributed by atoms with Gasteiger partial charge in [-0.25, -0.2) is 13.2 Å². The van der Waals surface area contributed by atoms with Gasteiger partial charge in [-0.3, -0.25) is 4.79 Å². The van der Waals surface area contributed by atoms with E-state index in [1.807, 2.05) is 98.8 Å². The first-order valence-corrected chi connectivity index (χ1v) is 18.8. The number of aliphatic hydroxyl groups excluding tert-OH is 1. The minimum Gasteiger partial charge on any atom is -0.445 e. The number of carbonyl (C=O) groups is 2. The van der Waals surface area contributed by atoms with Gasteiger partial charge in [0.25, 0.3) is 0 Å². The van der Waals surface area contributed by atoms with Crippen molar-refractivity contribution in [2.45, 2.75) is 56.4 Å². The van der Waals surface area contributed by atoms with Crippen LogP contribution in [0.4, 0.5) is 4.79 Å². The lowest BCUT2D eigenvalue weighted by atomic mass is 9.99. The van der Waals surface area contributed by atoms with Crippen LogP contribution in [0.1, 0.15) is 36.1 Å². The number of aromatic amines is 1. The van der Waals surface area contributed by atoms with Crippen LogP contribution in [0.2, 0.25) is 0 Å². The third-order valence-corrected chi connectivity index (χ3v) is 10.5. The number of para-hydroxylation sites is 1. The summed E-state index contributed by atoms with van der Waals surface area (Å²) in [5.74, 6) is -0.669. The highest BCUT2D eigenvalue weighted by molar-refractivity contribution is 7.89. The van der Waals surface area contributed by atoms with Gasteiger partial charge in [-0.15, -0.1) is 0 Å². The molecule has 0 fully saturated rings. The molecule has 0 saturated heterocycles. The Kier molecular flexibility index (Phi) is 13.4. The minimum absolute atomic E-state index is 0.00101. The van der Waals surface area contributed by atoms with Gasteiger partial charge in [0.1, 0.15) is 12.6 Å². The van der Waals surface area contributed by atoms with Crippen molar-refractivity contribution in [2.75, 3.05) is 13.1 Å². The molecule has 0 spiro atoms. The van der Waals surface area contributed by atoms with Gasteiger partial charge in [-0.2, -0.15) is 4.31 Å². The fourth-order valence-electron chi connectivity index (χ4n) is 6.03. The second kappa shape index (κ2) is 18.3. The molecule has 0 aliphatic rings. The lowest BCUT2D eigenvalue weighted by Crippen LogP contribution is -2.56. The molecule has 5 N–H and O–H groups in total. The summed E-state index contributed by atoms with van der Waals surface area (Å²) in [6, 6.07) is 29.8. The molecule has 278 valence electrons. The number of ether oxygens (including phenoxy) is 1. The quantitative estimate of drug-likeness (QED) is 0.0492. The van der Waals surface area contributed by atoms with Gasteiger partial charge in [0.2, 0.25) is 15.9 Å². The molecule has 0 bridgehead atoms. The van der Waals surface area contributed by atoms with Crippen LogP contribution in [0.5, 0.6) is 0 Å². The van der Waals surface area contributed by atoms with Crippen molar-refractivity contribution >= 4 is 39.1 Å². The average molecular weight is 740 g/mol. The van der Waals surface area contributed by atoms with Crippen molar-refractivity contribution in [1.29, 1.82) is 0 Å². The highest BCUT2D eigenvalue weighted by Crippen LogP contribution is 2.22. The zero-order valence-electron chi connectivity index (χ0n) is 29.6. The number of oxime groups is 1. The van der Waals surface area contributed by atoms with Gasteiger partial charge in [0, 0.05) is 36.6 Å². The standard InChI is InChI=1S/C40H45N5O7S/c1-28(2)25-45(53(50,51)33-19-17-30(18-20-33)23-42-49)26-38(46)36(21-29-11-5-3-6-12-29)43-39(47)37(22-32-24-41-35-16-10-9-15-34(32)35)44-40(48)52-27-31-13-7-4-8-14-31/h3-20,23-24,28,36-38,41,46,49H,21-22,25-27H2,1-2H3,(H,43,47)(H,44,48)/b42-23+/t36-,37-,38+/m0/s1. The molecule has 0 saturated carbocycles. The topological polar surface area (TPSA) is 173 Å². The SMILES string of the molecule is CC(C)CN(C[C@@H](O)[C@H](Cc1ccccc1)NC(=O)[C@H](Cc1c[nH]c2ccccc12)NC(=O)OCc1ccccc1)S(=O)(=O)c1ccc(/C=N/O)cc1. The predicted molar refractivity (Wildman–Crippen MR) is 203 cm³/mol. The molecule has 0 unspecified atom stereocenters. The van der Waals surface area contributed by atoms with Crippen molar-refractivity contribution in [3.8, 4) is 0 Å². The van der Waals surface area contributed by atoms with E-state index < -0.39 is 40.2 Å². The summed E-state index contributed by atoms with van der Waals surface area (Å²) in [5, 5.41) is 30.2.